The fourth-order valence-electron chi connectivity index (χ4n) is 4.08. The molecule has 2 amide bonds. The topological polar surface area (TPSA) is 88.1 Å². The number of hydrogen-bond acceptors (Lipinski definition) is 4. The number of aryl methyl sites for hydroxylation is 3. The Morgan fingerprint density at radius 3 is 2.32 bits per heavy atom. The largest absolute Gasteiger partial charge is 0.492 e. The van der Waals surface area contributed by atoms with E-state index in [1.165, 1.54) is 5.56 Å². The van der Waals surface area contributed by atoms with Crippen LogP contribution in [0, 0.1) is 26.7 Å². The Hall–Kier alpha value is -3.06. The van der Waals surface area contributed by atoms with Crippen molar-refractivity contribution in [2.24, 2.45) is 5.92 Å². The minimum atomic E-state index is -0.966. The fraction of sp³-hybridized carbons (Fsp3) is 0.481. The molecule has 184 valence electrons. The summed E-state index contributed by atoms with van der Waals surface area (Å²) in [6, 6.07) is 11.4. The van der Waals surface area contributed by atoms with E-state index in [0.717, 1.165) is 41.8 Å². The highest BCUT2D eigenvalue weighted by molar-refractivity contribution is 5.91. The van der Waals surface area contributed by atoms with Gasteiger partial charge in [0.1, 0.15) is 12.4 Å². The number of hydrogen-bond donors (Lipinski definition) is 2. The van der Waals surface area contributed by atoms with Crippen LogP contribution < -0.4 is 10.1 Å². The Morgan fingerprint density at radius 1 is 1.12 bits per heavy atom. The predicted molar refractivity (Wildman–Crippen MR) is 133 cm³/mol. The van der Waals surface area contributed by atoms with Crippen molar-refractivity contribution >= 4 is 17.7 Å². The molecule has 1 fully saturated rings. The van der Waals surface area contributed by atoms with Crippen LogP contribution in [0.1, 0.15) is 42.0 Å². The molecule has 1 unspecified atom stereocenters. The SMILES string of the molecule is CCOC(Cc1ccc(OCCN(CC2CC2)C(=O)Nc2c(C)cc(C)cc2C)cc1)C(=O)O. The van der Waals surface area contributed by atoms with Gasteiger partial charge in [-0.3, -0.25) is 0 Å². The number of benzene rings is 2. The highest BCUT2D eigenvalue weighted by Gasteiger charge is 2.27. The van der Waals surface area contributed by atoms with Gasteiger partial charge in [-0.2, -0.15) is 0 Å². The molecule has 1 aliphatic rings. The van der Waals surface area contributed by atoms with E-state index in [9.17, 15) is 14.7 Å². The summed E-state index contributed by atoms with van der Waals surface area (Å²) in [7, 11) is 0. The summed E-state index contributed by atoms with van der Waals surface area (Å²) in [5.41, 5.74) is 5.04. The van der Waals surface area contributed by atoms with E-state index in [2.05, 4.69) is 24.4 Å². The zero-order valence-corrected chi connectivity index (χ0v) is 20.6. The maximum atomic E-state index is 13.1. The number of nitrogens with zero attached hydrogens (tertiary/aromatic N) is 1. The van der Waals surface area contributed by atoms with Gasteiger partial charge in [-0.15, -0.1) is 0 Å². The average molecular weight is 469 g/mol. The van der Waals surface area contributed by atoms with Crippen molar-refractivity contribution in [3.8, 4) is 5.75 Å². The molecule has 0 heterocycles. The zero-order valence-electron chi connectivity index (χ0n) is 20.6. The number of urea groups is 1. The molecule has 7 heteroatoms. The minimum Gasteiger partial charge on any atom is -0.492 e. The molecule has 34 heavy (non-hydrogen) atoms. The molecular formula is C27H36N2O5. The van der Waals surface area contributed by atoms with Crippen LogP contribution in [-0.2, 0) is 16.0 Å². The Labute approximate surface area is 202 Å². The number of carboxylic acid groups (broad SMARTS) is 1. The van der Waals surface area contributed by atoms with Gasteiger partial charge in [0.25, 0.3) is 0 Å². The van der Waals surface area contributed by atoms with E-state index in [1.54, 1.807) is 6.92 Å². The molecule has 0 radical (unpaired) electrons. The Kier molecular flexibility index (Phi) is 8.93. The van der Waals surface area contributed by atoms with Crippen LogP contribution in [0.3, 0.4) is 0 Å². The van der Waals surface area contributed by atoms with Crippen LogP contribution in [0.25, 0.3) is 0 Å². The lowest BCUT2D eigenvalue weighted by molar-refractivity contribution is -0.149. The fourth-order valence-corrected chi connectivity index (χ4v) is 4.08. The average Bonchev–Trinajstić information content (AvgIpc) is 3.60. The molecule has 2 aromatic carbocycles. The first kappa shape index (κ1) is 25.6. The van der Waals surface area contributed by atoms with Gasteiger partial charge < -0.3 is 24.8 Å². The van der Waals surface area contributed by atoms with E-state index in [-0.39, 0.29) is 6.03 Å². The first-order chi connectivity index (χ1) is 16.3. The number of aliphatic carboxylic acids is 1. The van der Waals surface area contributed by atoms with E-state index in [4.69, 9.17) is 9.47 Å². The van der Waals surface area contributed by atoms with Crippen molar-refractivity contribution in [3.05, 3.63) is 58.7 Å². The number of nitrogens with one attached hydrogen (secondary N) is 1. The highest BCUT2D eigenvalue weighted by atomic mass is 16.5. The maximum Gasteiger partial charge on any atom is 0.333 e. The van der Waals surface area contributed by atoms with Crippen molar-refractivity contribution in [2.45, 2.75) is 53.1 Å². The van der Waals surface area contributed by atoms with Gasteiger partial charge in [-0.1, -0.05) is 29.8 Å². The number of carbonyl (C=O) groups is 2. The summed E-state index contributed by atoms with van der Waals surface area (Å²) in [5.74, 6) is 0.286. The maximum absolute atomic E-state index is 13.1. The second-order valence-corrected chi connectivity index (χ2v) is 9.07. The van der Waals surface area contributed by atoms with Crippen LogP contribution >= 0.6 is 0 Å². The summed E-state index contributed by atoms with van der Waals surface area (Å²) >= 11 is 0. The van der Waals surface area contributed by atoms with Crippen molar-refractivity contribution in [1.82, 2.24) is 4.90 Å². The molecule has 1 saturated carbocycles. The van der Waals surface area contributed by atoms with Crippen LogP contribution in [0.15, 0.2) is 36.4 Å². The summed E-state index contributed by atoms with van der Waals surface area (Å²) < 4.78 is 11.2. The van der Waals surface area contributed by atoms with Gasteiger partial charge in [-0.05, 0) is 75.3 Å². The van der Waals surface area contributed by atoms with Crippen molar-refractivity contribution < 1.29 is 24.2 Å². The number of anilines is 1. The molecule has 2 N–H and O–H groups in total. The van der Waals surface area contributed by atoms with E-state index >= 15 is 0 Å². The predicted octanol–water partition coefficient (Wildman–Crippen LogP) is 4.97. The lowest BCUT2D eigenvalue weighted by atomic mass is 10.1. The molecular weight excluding hydrogens is 432 g/mol. The standard InChI is InChI=1S/C27H36N2O5/c1-5-33-24(26(30)31)16-21-8-10-23(11-9-21)34-13-12-29(17-22-6-7-22)27(32)28-25-19(3)14-18(2)15-20(25)4/h8-11,14-15,22,24H,5-7,12-13,16-17H2,1-4H3,(H,28,32)(H,30,31). The van der Waals surface area contributed by atoms with E-state index in [1.807, 2.05) is 43.0 Å². The summed E-state index contributed by atoms with van der Waals surface area (Å²) in [6.45, 7) is 9.81. The lowest BCUT2D eigenvalue weighted by Gasteiger charge is -2.24. The van der Waals surface area contributed by atoms with Gasteiger partial charge in [0.05, 0.1) is 6.54 Å². The lowest BCUT2D eigenvalue weighted by Crippen LogP contribution is -2.39. The van der Waals surface area contributed by atoms with Gasteiger partial charge in [0.15, 0.2) is 6.10 Å². The molecule has 0 aliphatic heterocycles. The summed E-state index contributed by atoms with van der Waals surface area (Å²) in [5, 5.41) is 12.4. The van der Waals surface area contributed by atoms with Gasteiger partial charge >= 0.3 is 12.0 Å². The highest BCUT2D eigenvalue weighted by Crippen LogP contribution is 2.30. The molecule has 2 aromatic rings. The van der Waals surface area contributed by atoms with Gasteiger partial charge in [-0.25, -0.2) is 9.59 Å². The second-order valence-electron chi connectivity index (χ2n) is 9.07. The molecule has 0 saturated heterocycles. The quantitative estimate of drug-likeness (QED) is 0.459. The number of rotatable bonds is 12. The van der Waals surface area contributed by atoms with Gasteiger partial charge in [0, 0.05) is 25.3 Å². The zero-order chi connectivity index (χ0) is 24.7. The Morgan fingerprint density at radius 2 is 1.76 bits per heavy atom. The second kappa shape index (κ2) is 11.9. The van der Waals surface area contributed by atoms with Crippen LogP contribution in [-0.4, -0.2) is 54.4 Å². The normalized spacial score (nSPS) is 13.9. The number of ether oxygens (including phenoxy) is 2. The Balaban J connectivity index is 1.55. The monoisotopic (exact) mass is 468 g/mol. The summed E-state index contributed by atoms with van der Waals surface area (Å²) in [4.78, 5) is 26.2. The van der Waals surface area contributed by atoms with Crippen molar-refractivity contribution in [1.29, 1.82) is 0 Å². The Bertz CT molecular complexity index is 962. The molecule has 7 nitrogen and oxygen atoms in total. The number of carboxylic acids is 1. The van der Waals surface area contributed by atoms with Crippen LogP contribution in [0.4, 0.5) is 10.5 Å². The van der Waals surface area contributed by atoms with E-state index in [0.29, 0.717) is 37.8 Å². The first-order valence-electron chi connectivity index (χ1n) is 12.0. The van der Waals surface area contributed by atoms with Crippen LogP contribution in [0.2, 0.25) is 0 Å². The third kappa shape index (κ3) is 7.48. The third-order valence-electron chi connectivity index (χ3n) is 5.99. The van der Waals surface area contributed by atoms with Gasteiger partial charge in [0.2, 0.25) is 0 Å². The molecule has 0 aromatic heterocycles. The van der Waals surface area contributed by atoms with E-state index < -0.39 is 12.1 Å². The number of carbonyl (C=O) groups excluding carboxylic acids is 1. The number of amides is 2. The molecule has 1 aliphatic carbocycles. The third-order valence-corrected chi connectivity index (χ3v) is 5.99. The molecule has 3 rings (SSSR count). The minimum absolute atomic E-state index is 0.100. The molecule has 0 bridgehead atoms. The van der Waals surface area contributed by atoms with Crippen molar-refractivity contribution in [3.63, 3.8) is 0 Å². The molecule has 1 atom stereocenters. The first-order valence-corrected chi connectivity index (χ1v) is 12.0. The summed E-state index contributed by atoms with van der Waals surface area (Å²) in [6.07, 6.45) is 1.77. The molecule has 0 spiro atoms. The van der Waals surface area contributed by atoms with Crippen LogP contribution in [0.5, 0.6) is 5.75 Å². The smallest absolute Gasteiger partial charge is 0.333 e. The van der Waals surface area contributed by atoms with Crippen molar-refractivity contribution in [2.75, 3.05) is 31.6 Å².